The van der Waals surface area contributed by atoms with E-state index in [4.69, 9.17) is 31.4 Å². The Balaban J connectivity index is 0.000000521. The minimum absolute atomic E-state index is 0.0924. The average Bonchev–Trinajstić information content (AvgIpc) is 3.70. The molecule has 0 bridgehead atoms. The Kier molecular flexibility index (Phi) is 17.0. The maximum atomic E-state index is 12.5. The first-order valence-electron chi connectivity index (χ1n) is 15.3. The molecule has 0 atom stereocenters. The number of nitrogens with one attached hydrogen (secondary N) is 3. The molecule has 1 heterocycles. The zero-order valence-corrected chi connectivity index (χ0v) is 28.1. The lowest BCUT2D eigenvalue weighted by Crippen LogP contribution is -2.41. The highest BCUT2D eigenvalue weighted by Gasteiger charge is 2.38. The third-order valence-corrected chi connectivity index (χ3v) is 8.56. The predicted molar refractivity (Wildman–Crippen MR) is 175 cm³/mol. The van der Waals surface area contributed by atoms with Crippen LogP contribution in [0.2, 0.25) is 5.02 Å². The van der Waals surface area contributed by atoms with Gasteiger partial charge in [0, 0.05) is 43.7 Å². The number of aromatic hydroxyl groups is 1. The third-order valence-electron chi connectivity index (χ3n) is 7.36. The molecule has 19 heteroatoms. The second-order valence-electron chi connectivity index (χ2n) is 11.0. The number of aromatic amines is 1. The molecule has 1 fully saturated rings. The van der Waals surface area contributed by atoms with Gasteiger partial charge in [-0.05, 0) is 61.6 Å². The molecule has 0 aliphatic heterocycles. The summed E-state index contributed by atoms with van der Waals surface area (Å²) in [6, 6.07) is 11.8. The van der Waals surface area contributed by atoms with Gasteiger partial charge in [-0.3, -0.25) is 14.5 Å². The Morgan fingerprint density at radius 2 is 1.54 bits per heavy atom. The van der Waals surface area contributed by atoms with Crippen molar-refractivity contribution < 1.29 is 56.0 Å². The molecule has 1 aliphatic rings. The van der Waals surface area contributed by atoms with Gasteiger partial charge >= 0.3 is 29.2 Å². The first-order valence-corrected chi connectivity index (χ1v) is 16.5. The molecule has 0 radical (unpaired) electrons. The second kappa shape index (κ2) is 20.1. The molecule has 6 N–H and O–H groups in total. The van der Waals surface area contributed by atoms with Gasteiger partial charge in [-0.2, -0.15) is 26.3 Å². The molecule has 50 heavy (non-hydrogen) atoms. The summed E-state index contributed by atoms with van der Waals surface area (Å²) in [4.78, 5) is 47.0. The van der Waals surface area contributed by atoms with Crippen LogP contribution in [0, 0.1) is 0 Å². The average molecular weight is 759 g/mol. The Labute approximate surface area is 291 Å². The normalized spacial score (nSPS) is 13.4. The van der Waals surface area contributed by atoms with Crippen LogP contribution in [0.4, 0.5) is 26.3 Å². The lowest BCUT2D eigenvalue weighted by Gasteiger charge is -2.28. The number of nitrogens with zero attached hydrogens (tertiary/aromatic N) is 1. The van der Waals surface area contributed by atoms with Crippen molar-refractivity contribution in [1.82, 2.24) is 20.5 Å². The molecule has 0 saturated heterocycles. The number of hydrogen-bond donors (Lipinski definition) is 6. The standard InChI is InChI=1S/C27H35ClN4O3S.2C2HF3O2/c28-21-5-3-4-19(18-21)10-14-30-24(34)12-16-32(22-6-1-2-7-22)17-15-29-13-11-20-8-9-23(33)25-26(20)36-27(35)31-25;2*3-2(4,5)1(6)7/h3-5,8-9,18,22,29,33H,1-2,6-7,10-17H2,(H,30,34)(H,31,35);2*(H,6,7). The maximum absolute atomic E-state index is 12.5. The SMILES string of the molecule is O=C(CCN(CCNCCc1ccc(O)c2[nH]c(=O)sc12)C1CCCC1)NCCc1cccc(Cl)c1.O=C(O)C(F)(F)F.O=C(O)C(F)(F)F. The fourth-order valence-corrected chi connectivity index (χ4v) is 6.07. The minimum Gasteiger partial charge on any atom is -0.506 e. The van der Waals surface area contributed by atoms with Crippen molar-refractivity contribution in [3.8, 4) is 5.75 Å². The number of amides is 1. The number of H-pyrrole nitrogens is 1. The van der Waals surface area contributed by atoms with Crippen molar-refractivity contribution in [1.29, 1.82) is 0 Å². The summed E-state index contributed by atoms with van der Waals surface area (Å²) < 4.78 is 64.3. The van der Waals surface area contributed by atoms with Gasteiger partial charge in [0.15, 0.2) is 0 Å². The van der Waals surface area contributed by atoms with Gasteiger partial charge in [-0.25, -0.2) is 9.59 Å². The Morgan fingerprint density at radius 1 is 0.920 bits per heavy atom. The molecule has 11 nitrogen and oxygen atoms in total. The number of aliphatic carboxylic acids is 2. The molecule has 3 aromatic rings. The molecule has 0 spiro atoms. The maximum Gasteiger partial charge on any atom is 0.490 e. The quantitative estimate of drug-likeness (QED) is 0.0995. The van der Waals surface area contributed by atoms with E-state index >= 15 is 0 Å². The van der Waals surface area contributed by atoms with Crippen LogP contribution in [0.25, 0.3) is 10.2 Å². The molecule has 1 aliphatic carbocycles. The summed E-state index contributed by atoms with van der Waals surface area (Å²) in [5, 5.41) is 31.5. The first kappa shape index (κ1) is 42.3. The van der Waals surface area contributed by atoms with E-state index in [0.29, 0.717) is 24.5 Å². The van der Waals surface area contributed by atoms with Crippen molar-refractivity contribution in [2.45, 2.75) is 63.3 Å². The summed E-state index contributed by atoms with van der Waals surface area (Å²) in [7, 11) is 0. The zero-order valence-electron chi connectivity index (χ0n) is 26.5. The van der Waals surface area contributed by atoms with E-state index in [9.17, 15) is 41.0 Å². The van der Waals surface area contributed by atoms with E-state index in [-0.39, 0.29) is 16.5 Å². The number of rotatable bonds is 13. The van der Waals surface area contributed by atoms with Crippen LogP contribution in [0.5, 0.6) is 5.75 Å². The summed E-state index contributed by atoms with van der Waals surface area (Å²) in [6.45, 7) is 3.92. The van der Waals surface area contributed by atoms with E-state index in [1.54, 1.807) is 6.07 Å². The lowest BCUT2D eigenvalue weighted by molar-refractivity contribution is -0.193. The van der Waals surface area contributed by atoms with Gasteiger partial charge < -0.3 is 30.9 Å². The molecule has 4 rings (SSSR count). The minimum atomic E-state index is -5.08. The number of carboxylic acids is 2. The molecule has 1 aromatic heterocycles. The predicted octanol–water partition coefficient (Wildman–Crippen LogP) is 5.34. The van der Waals surface area contributed by atoms with Crippen LogP contribution in [-0.2, 0) is 27.2 Å². The number of carbonyl (C=O) groups excluding carboxylic acids is 1. The molecular weight excluding hydrogens is 722 g/mol. The number of phenolic OH excluding ortho intramolecular Hbond substituents is 1. The fraction of sp³-hybridized carbons (Fsp3) is 0.484. The van der Waals surface area contributed by atoms with E-state index < -0.39 is 24.3 Å². The molecule has 0 unspecified atom stereocenters. The number of fused-ring (bicyclic) bond motifs is 1. The van der Waals surface area contributed by atoms with Crippen molar-refractivity contribution in [2.75, 3.05) is 32.7 Å². The zero-order chi connectivity index (χ0) is 37.5. The molecule has 1 saturated carbocycles. The number of benzene rings is 2. The van der Waals surface area contributed by atoms with Crippen LogP contribution in [0.15, 0.2) is 41.2 Å². The van der Waals surface area contributed by atoms with Crippen LogP contribution >= 0.6 is 22.9 Å². The van der Waals surface area contributed by atoms with E-state index in [1.807, 2.05) is 30.3 Å². The molecule has 1 amide bonds. The van der Waals surface area contributed by atoms with Crippen LogP contribution in [0.1, 0.15) is 43.2 Å². The van der Waals surface area contributed by atoms with E-state index in [1.165, 1.54) is 25.7 Å². The second-order valence-corrected chi connectivity index (χ2v) is 12.4. The Bertz CT molecular complexity index is 1590. The number of halogens is 7. The fourth-order valence-electron chi connectivity index (χ4n) is 4.96. The summed E-state index contributed by atoms with van der Waals surface area (Å²) in [5.74, 6) is -5.31. The number of hydrogen-bond acceptors (Lipinski definition) is 8. The summed E-state index contributed by atoms with van der Waals surface area (Å²) >= 11 is 7.18. The van der Waals surface area contributed by atoms with Gasteiger partial charge in [-0.15, -0.1) is 0 Å². The van der Waals surface area contributed by atoms with Crippen LogP contribution in [-0.4, -0.2) is 94.2 Å². The molecule has 2 aromatic carbocycles. The number of aromatic nitrogens is 1. The Hall–Kier alpha value is -3.87. The van der Waals surface area contributed by atoms with E-state index in [2.05, 4.69) is 20.5 Å². The molecular formula is C31H37ClF6N4O7S. The highest BCUT2D eigenvalue weighted by molar-refractivity contribution is 7.16. The van der Waals surface area contributed by atoms with Crippen molar-refractivity contribution >= 4 is 51.0 Å². The first-order chi connectivity index (χ1) is 23.4. The number of carbonyl (C=O) groups is 3. The number of phenols is 1. The highest BCUT2D eigenvalue weighted by Crippen LogP contribution is 2.28. The lowest BCUT2D eigenvalue weighted by atomic mass is 10.1. The van der Waals surface area contributed by atoms with E-state index in [0.717, 1.165) is 71.2 Å². The topological polar surface area (TPSA) is 172 Å². The van der Waals surface area contributed by atoms with Crippen molar-refractivity contribution in [3.63, 3.8) is 0 Å². The van der Waals surface area contributed by atoms with Crippen LogP contribution < -0.4 is 15.5 Å². The van der Waals surface area contributed by atoms with Gasteiger partial charge in [0.2, 0.25) is 5.91 Å². The number of alkyl halides is 6. The summed E-state index contributed by atoms with van der Waals surface area (Å²) in [6.07, 6.45) is -3.18. The third kappa shape index (κ3) is 15.3. The number of thiazole rings is 1. The van der Waals surface area contributed by atoms with Crippen molar-refractivity contribution in [2.24, 2.45) is 0 Å². The largest absolute Gasteiger partial charge is 0.506 e. The monoisotopic (exact) mass is 758 g/mol. The Morgan fingerprint density at radius 3 is 2.12 bits per heavy atom. The van der Waals surface area contributed by atoms with Gasteiger partial charge in [-0.1, -0.05) is 54.0 Å². The highest BCUT2D eigenvalue weighted by atomic mass is 35.5. The van der Waals surface area contributed by atoms with Gasteiger partial charge in [0.1, 0.15) is 11.3 Å². The van der Waals surface area contributed by atoms with Crippen LogP contribution in [0.3, 0.4) is 0 Å². The summed E-state index contributed by atoms with van der Waals surface area (Å²) in [5.41, 5.74) is 2.71. The van der Waals surface area contributed by atoms with Crippen molar-refractivity contribution in [3.05, 3.63) is 62.2 Å². The van der Waals surface area contributed by atoms with Gasteiger partial charge in [0.05, 0.1) is 4.70 Å². The number of carboxylic acid groups (broad SMARTS) is 2. The molecule has 278 valence electrons. The smallest absolute Gasteiger partial charge is 0.490 e. The van der Waals surface area contributed by atoms with Gasteiger partial charge in [0.25, 0.3) is 0 Å².